The average Bonchev–Trinajstić information content (AvgIpc) is 3.14. The molecular formula is C37H52N10O4S. The van der Waals surface area contributed by atoms with Gasteiger partial charge in [0.05, 0.1) is 0 Å². The van der Waals surface area contributed by atoms with Gasteiger partial charge in [0, 0.05) is 63.3 Å². The molecule has 0 aromatic heterocycles. The fraction of sp³-hybridized carbons (Fsp3) is 0.514. The Morgan fingerprint density at radius 1 is 0.731 bits per heavy atom. The van der Waals surface area contributed by atoms with Crippen LogP contribution in [0, 0.1) is 22.9 Å². The lowest BCUT2D eigenvalue weighted by atomic mass is 9.68. The Morgan fingerprint density at radius 2 is 1.12 bits per heavy atom. The number of aliphatic imine (C=N–C) groups is 2. The fourth-order valence-corrected chi connectivity index (χ4v) is 7.58. The highest BCUT2D eigenvalue weighted by Gasteiger charge is 2.38. The van der Waals surface area contributed by atoms with E-state index in [9.17, 15) is 18.0 Å². The molecule has 0 aliphatic heterocycles. The zero-order chi connectivity index (χ0) is 38.0. The third-order valence-electron chi connectivity index (χ3n) is 9.83. The molecule has 2 aromatic carbocycles. The van der Waals surface area contributed by atoms with Gasteiger partial charge in [-0.1, -0.05) is 60.7 Å². The van der Waals surface area contributed by atoms with E-state index in [2.05, 4.69) is 54.0 Å². The van der Waals surface area contributed by atoms with E-state index in [1.165, 1.54) is 5.56 Å². The molecule has 15 heteroatoms. The SMILES string of the molecule is CN=C(NC#N)NC1CCC(CNC(=O)CS(C)(=O)=O)(c2ccccc2)CC1.CN=C(NC#N)NC1CCC(CNC(C)=O)(c2ccccc2)CC1. The first-order chi connectivity index (χ1) is 24.9. The number of hydrogen-bond donors (Lipinski definition) is 6. The van der Waals surface area contributed by atoms with Gasteiger partial charge in [0.1, 0.15) is 5.75 Å². The molecule has 0 radical (unpaired) electrons. The molecule has 0 heterocycles. The maximum Gasteiger partial charge on any atom is 0.235 e. The molecule has 0 atom stereocenters. The highest BCUT2D eigenvalue weighted by molar-refractivity contribution is 7.91. The van der Waals surface area contributed by atoms with Crippen LogP contribution in [0.2, 0.25) is 0 Å². The highest BCUT2D eigenvalue weighted by Crippen LogP contribution is 2.40. The van der Waals surface area contributed by atoms with Crippen LogP contribution < -0.4 is 31.9 Å². The molecule has 2 amide bonds. The third kappa shape index (κ3) is 12.9. The first kappa shape index (κ1) is 41.3. The van der Waals surface area contributed by atoms with Crippen LogP contribution in [-0.4, -0.2) is 83.4 Å². The number of nitrogens with zero attached hydrogens (tertiary/aromatic N) is 4. The maximum atomic E-state index is 12.0. The van der Waals surface area contributed by atoms with Crippen molar-refractivity contribution in [1.82, 2.24) is 31.9 Å². The highest BCUT2D eigenvalue weighted by atomic mass is 32.2. The zero-order valence-corrected chi connectivity index (χ0v) is 31.4. The summed E-state index contributed by atoms with van der Waals surface area (Å²) in [5.41, 5.74) is 2.13. The van der Waals surface area contributed by atoms with Crippen molar-refractivity contribution < 1.29 is 18.0 Å². The van der Waals surface area contributed by atoms with Gasteiger partial charge in [0.25, 0.3) is 0 Å². The van der Waals surface area contributed by atoms with Crippen LogP contribution in [-0.2, 0) is 30.3 Å². The summed E-state index contributed by atoms with van der Waals surface area (Å²) in [4.78, 5) is 31.5. The standard InChI is InChI=1S/C19H27N5O3S.C18H25N5O/c1-21-18(23-14-20)24-16-8-10-19(11-9-16,15-6-4-3-5-7-15)13-22-17(25)12-28(2,26)27;1-14(24)21-12-18(15-6-4-3-5-7-15)10-8-16(9-11-18)23-17(20-2)22-13-19/h3-7,16H,8-13H2,1-2H3,(H,22,25)(H2,21,23,24);3-7,16H,8-12H2,1-2H3,(H,21,24)(H2,20,22,23). The monoisotopic (exact) mass is 732 g/mol. The van der Waals surface area contributed by atoms with Crippen LogP contribution in [0.3, 0.4) is 0 Å². The number of rotatable bonds is 10. The van der Waals surface area contributed by atoms with E-state index in [1.807, 2.05) is 60.9 Å². The number of amides is 2. The van der Waals surface area contributed by atoms with Gasteiger partial charge in [-0.05, 0) is 62.5 Å². The molecule has 2 saturated carbocycles. The molecule has 6 N–H and O–H groups in total. The maximum absolute atomic E-state index is 12.0. The lowest BCUT2D eigenvalue weighted by molar-refractivity contribution is -0.120. The molecule has 0 bridgehead atoms. The molecule has 2 fully saturated rings. The minimum atomic E-state index is -3.36. The van der Waals surface area contributed by atoms with Crippen molar-refractivity contribution in [3.63, 3.8) is 0 Å². The van der Waals surface area contributed by atoms with E-state index in [-0.39, 0.29) is 28.8 Å². The van der Waals surface area contributed by atoms with E-state index in [0.717, 1.165) is 63.2 Å². The third-order valence-corrected chi connectivity index (χ3v) is 10.6. The molecule has 2 aliphatic carbocycles. The number of sulfone groups is 1. The van der Waals surface area contributed by atoms with Crippen molar-refractivity contribution in [2.75, 3.05) is 39.2 Å². The number of guanidine groups is 2. The molecule has 280 valence electrons. The van der Waals surface area contributed by atoms with Gasteiger partial charge in [-0.3, -0.25) is 30.2 Å². The van der Waals surface area contributed by atoms with Crippen LogP contribution in [0.15, 0.2) is 70.6 Å². The minimum absolute atomic E-state index is 0.00387. The number of nitrogens with one attached hydrogen (secondary N) is 6. The van der Waals surface area contributed by atoms with Crippen LogP contribution >= 0.6 is 0 Å². The lowest BCUT2D eigenvalue weighted by Crippen LogP contribution is -2.49. The Balaban J connectivity index is 0.000000284. The van der Waals surface area contributed by atoms with E-state index >= 15 is 0 Å². The van der Waals surface area contributed by atoms with Crippen LogP contribution in [0.4, 0.5) is 0 Å². The minimum Gasteiger partial charge on any atom is -0.355 e. The number of nitriles is 2. The Labute approximate surface area is 307 Å². The van der Waals surface area contributed by atoms with Crippen LogP contribution in [0.25, 0.3) is 0 Å². The van der Waals surface area contributed by atoms with E-state index in [1.54, 1.807) is 21.0 Å². The topological polar surface area (TPSA) is 213 Å². The zero-order valence-electron chi connectivity index (χ0n) is 30.5. The summed E-state index contributed by atoms with van der Waals surface area (Å²) in [6, 6.07) is 20.8. The largest absolute Gasteiger partial charge is 0.355 e. The number of carbonyl (C=O) groups excluding carboxylic acids is 2. The van der Waals surface area contributed by atoms with Crippen molar-refractivity contribution in [1.29, 1.82) is 10.5 Å². The average molecular weight is 733 g/mol. The molecule has 0 unspecified atom stereocenters. The summed E-state index contributed by atoms with van der Waals surface area (Å²) in [6.45, 7) is 2.61. The molecule has 4 rings (SSSR count). The number of benzene rings is 2. The van der Waals surface area contributed by atoms with Gasteiger partial charge in [0.2, 0.25) is 23.7 Å². The Bertz CT molecular complexity index is 1700. The second kappa shape index (κ2) is 20.0. The molecule has 14 nitrogen and oxygen atoms in total. The fourth-order valence-electron chi connectivity index (χ4n) is 7.00. The normalized spacial score (nSPS) is 23.3. The van der Waals surface area contributed by atoms with E-state index < -0.39 is 21.5 Å². The van der Waals surface area contributed by atoms with Crippen LogP contribution in [0.1, 0.15) is 69.4 Å². The predicted octanol–water partition coefficient (Wildman–Crippen LogP) is 2.32. The van der Waals surface area contributed by atoms with Crippen molar-refractivity contribution >= 4 is 33.6 Å². The molecule has 52 heavy (non-hydrogen) atoms. The molecule has 2 aromatic rings. The summed E-state index contributed by atoms with van der Waals surface area (Å²) in [6.07, 6.45) is 12.0. The van der Waals surface area contributed by atoms with Gasteiger partial charge in [-0.15, -0.1) is 0 Å². The summed E-state index contributed by atoms with van der Waals surface area (Å²) >= 11 is 0. The Kier molecular flexibility index (Phi) is 15.9. The number of carbonyl (C=O) groups is 2. The quantitative estimate of drug-likeness (QED) is 0.0908. The smallest absolute Gasteiger partial charge is 0.235 e. The Morgan fingerprint density at radius 3 is 1.44 bits per heavy atom. The molecule has 0 saturated heterocycles. The van der Waals surface area contributed by atoms with Gasteiger partial charge >= 0.3 is 0 Å². The van der Waals surface area contributed by atoms with Crippen molar-refractivity contribution in [3.05, 3.63) is 71.8 Å². The van der Waals surface area contributed by atoms with Gasteiger partial charge in [0.15, 0.2) is 22.2 Å². The summed E-state index contributed by atoms with van der Waals surface area (Å²) in [5, 5.41) is 34.9. The Hall–Kier alpha value is -5.15. The molecular weight excluding hydrogens is 681 g/mol. The van der Waals surface area contributed by atoms with Crippen molar-refractivity contribution in [2.24, 2.45) is 9.98 Å². The second-order valence-corrected chi connectivity index (χ2v) is 15.6. The molecule has 2 aliphatic rings. The van der Waals surface area contributed by atoms with Gasteiger partial charge in [-0.2, -0.15) is 10.5 Å². The van der Waals surface area contributed by atoms with Crippen molar-refractivity contribution in [3.8, 4) is 12.4 Å². The van der Waals surface area contributed by atoms with Gasteiger partial charge in [-0.25, -0.2) is 8.42 Å². The summed E-state index contributed by atoms with van der Waals surface area (Å²) < 4.78 is 22.7. The van der Waals surface area contributed by atoms with E-state index in [4.69, 9.17) is 10.5 Å². The number of hydrogen-bond acceptors (Lipinski definition) is 8. The second-order valence-electron chi connectivity index (χ2n) is 13.5. The first-order valence-corrected chi connectivity index (χ1v) is 19.5. The molecule has 0 spiro atoms. The summed E-state index contributed by atoms with van der Waals surface area (Å²) in [7, 11) is -0.0944. The summed E-state index contributed by atoms with van der Waals surface area (Å²) in [5.74, 6) is -0.0170. The van der Waals surface area contributed by atoms with Gasteiger partial charge < -0.3 is 21.3 Å². The van der Waals surface area contributed by atoms with Crippen LogP contribution in [0.5, 0.6) is 0 Å². The lowest BCUT2D eigenvalue weighted by Gasteiger charge is -2.41. The first-order valence-electron chi connectivity index (χ1n) is 17.4. The van der Waals surface area contributed by atoms with E-state index in [0.29, 0.717) is 25.0 Å². The predicted molar refractivity (Wildman–Crippen MR) is 203 cm³/mol. The van der Waals surface area contributed by atoms with Crippen molar-refractivity contribution in [2.45, 2.75) is 81.2 Å².